The van der Waals surface area contributed by atoms with Crippen molar-refractivity contribution in [1.82, 2.24) is 29.7 Å². The standard InChI is InChI=1S/C49H85N7O11S/c1-6-7-8-43-53-44-45(46-41(52-47(44)50)37-42(68-46)40-11-16-55(17-12-40)18-21-58-5)56(43)38-39-9-14-54(15-10-39)19-22-60-24-26-62-28-30-64-32-34-66-36-35-65-33-31-63-29-27-61-25-23-59-20-13-51-48(57)67-49(2,3)4/h37,39-40H,6-36,38H2,1-5H3,(H2,50,52)(H,51,57). The molecule has 18 nitrogen and oxygen atoms in total. The third-order valence-corrected chi connectivity index (χ3v) is 13.3. The Kier molecular flexibility index (Phi) is 26.6. The number of nitrogens with one attached hydrogen (secondary N) is 1. The van der Waals surface area contributed by atoms with Gasteiger partial charge in [0, 0.05) is 44.6 Å². The van der Waals surface area contributed by atoms with Crippen LogP contribution in [0.1, 0.15) is 82.8 Å². The Labute approximate surface area is 409 Å². The van der Waals surface area contributed by atoms with Gasteiger partial charge in [-0.1, -0.05) is 13.3 Å². The first-order valence-electron chi connectivity index (χ1n) is 25.3. The number of nitrogens with zero attached hydrogens (tertiary/aromatic N) is 5. The smallest absolute Gasteiger partial charge is 0.407 e. The summed E-state index contributed by atoms with van der Waals surface area (Å²) in [6.45, 7) is 24.3. The molecular weight excluding hydrogens is 895 g/mol. The van der Waals surface area contributed by atoms with E-state index in [-0.39, 0.29) is 0 Å². The molecule has 1 amide bonds. The average Bonchev–Trinajstić information content (AvgIpc) is 3.91. The van der Waals surface area contributed by atoms with Crippen molar-refractivity contribution >= 4 is 44.5 Å². The van der Waals surface area contributed by atoms with Crippen LogP contribution in [0.2, 0.25) is 0 Å². The predicted molar refractivity (Wildman–Crippen MR) is 266 cm³/mol. The number of likely N-dealkylation sites (tertiary alicyclic amines) is 2. The highest BCUT2D eigenvalue weighted by atomic mass is 32.1. The molecule has 3 aromatic rings. The minimum Gasteiger partial charge on any atom is -0.444 e. The average molecular weight is 980 g/mol. The molecule has 3 aromatic heterocycles. The zero-order valence-corrected chi connectivity index (χ0v) is 42.9. The number of unbranched alkanes of at least 4 members (excludes halogenated alkanes) is 1. The molecule has 2 aliphatic rings. The van der Waals surface area contributed by atoms with Gasteiger partial charge in [0.15, 0.2) is 5.82 Å². The summed E-state index contributed by atoms with van der Waals surface area (Å²) in [6, 6.07) is 2.31. The van der Waals surface area contributed by atoms with E-state index in [4.69, 9.17) is 63.1 Å². The van der Waals surface area contributed by atoms with Crippen LogP contribution in [-0.4, -0.2) is 201 Å². The number of ether oxygens (including phenoxy) is 10. The van der Waals surface area contributed by atoms with Crippen molar-refractivity contribution in [2.45, 2.75) is 90.7 Å². The van der Waals surface area contributed by atoms with Gasteiger partial charge in [0.25, 0.3) is 0 Å². The number of nitrogen functional groups attached to an aromatic ring is 1. The molecule has 19 heteroatoms. The lowest BCUT2D eigenvalue weighted by Crippen LogP contribution is -2.37. The zero-order valence-electron chi connectivity index (χ0n) is 42.1. The molecule has 0 atom stereocenters. The molecule has 0 bridgehead atoms. The van der Waals surface area contributed by atoms with Gasteiger partial charge >= 0.3 is 6.09 Å². The number of imidazole rings is 1. The zero-order chi connectivity index (χ0) is 48.2. The van der Waals surface area contributed by atoms with Gasteiger partial charge in [-0.25, -0.2) is 14.8 Å². The summed E-state index contributed by atoms with van der Waals surface area (Å²) >= 11 is 1.92. The quantitative estimate of drug-likeness (QED) is 0.0670. The molecule has 0 spiro atoms. The van der Waals surface area contributed by atoms with Crippen molar-refractivity contribution in [2.24, 2.45) is 5.92 Å². The van der Waals surface area contributed by atoms with Crippen molar-refractivity contribution in [2.75, 3.05) is 171 Å². The highest BCUT2D eigenvalue weighted by Crippen LogP contribution is 2.41. The summed E-state index contributed by atoms with van der Waals surface area (Å²) in [7, 11) is 1.78. The number of methoxy groups -OCH3 is 1. The van der Waals surface area contributed by atoms with Crippen LogP contribution in [0.25, 0.3) is 21.3 Å². The molecule has 0 radical (unpaired) electrons. The van der Waals surface area contributed by atoms with E-state index < -0.39 is 11.7 Å². The van der Waals surface area contributed by atoms with E-state index in [1.165, 1.54) is 27.9 Å². The molecule has 0 saturated carbocycles. The fraction of sp³-hybridized carbons (Fsp3) is 0.816. The van der Waals surface area contributed by atoms with Crippen molar-refractivity contribution in [3.63, 3.8) is 0 Å². The maximum absolute atomic E-state index is 11.6. The number of amides is 1. The Morgan fingerprint density at radius 2 is 1.22 bits per heavy atom. The Hall–Kier alpha value is -2.79. The Morgan fingerprint density at radius 3 is 1.74 bits per heavy atom. The summed E-state index contributed by atoms with van der Waals surface area (Å²) in [5, 5.41) is 2.64. The molecule has 0 unspecified atom stereocenters. The van der Waals surface area contributed by atoms with Gasteiger partial charge in [-0.05, 0) is 97.0 Å². The van der Waals surface area contributed by atoms with E-state index in [0.29, 0.717) is 130 Å². The second kappa shape index (κ2) is 32.2. The third kappa shape index (κ3) is 20.9. The maximum Gasteiger partial charge on any atom is 0.407 e. The number of anilines is 1. The lowest BCUT2D eigenvalue weighted by Gasteiger charge is -2.32. The largest absolute Gasteiger partial charge is 0.444 e. The number of fused-ring (bicyclic) bond motifs is 3. The fourth-order valence-electron chi connectivity index (χ4n) is 8.35. The normalized spacial score (nSPS) is 15.9. The third-order valence-electron chi connectivity index (χ3n) is 12.1. The molecular formula is C49H85N7O11S. The van der Waals surface area contributed by atoms with Crippen LogP contribution in [-0.2, 0) is 60.3 Å². The van der Waals surface area contributed by atoms with Gasteiger partial charge in [0.05, 0.1) is 128 Å². The minimum atomic E-state index is -0.515. The van der Waals surface area contributed by atoms with E-state index >= 15 is 0 Å². The lowest BCUT2D eigenvalue weighted by molar-refractivity contribution is -0.0235. The molecule has 3 N–H and O–H groups in total. The van der Waals surface area contributed by atoms with Crippen LogP contribution in [0.15, 0.2) is 6.07 Å². The van der Waals surface area contributed by atoms with E-state index in [1.807, 2.05) is 32.1 Å². The number of carbonyl (C=O) groups is 1. The second-order valence-corrected chi connectivity index (χ2v) is 19.6. The fourth-order valence-corrected chi connectivity index (χ4v) is 9.68. The molecule has 2 fully saturated rings. The summed E-state index contributed by atoms with van der Waals surface area (Å²) in [4.78, 5) is 28.1. The molecule has 0 aliphatic carbocycles. The summed E-state index contributed by atoms with van der Waals surface area (Å²) in [6.07, 6.45) is 7.40. The monoisotopic (exact) mass is 980 g/mol. The maximum atomic E-state index is 11.6. The van der Waals surface area contributed by atoms with E-state index in [1.54, 1.807) is 7.11 Å². The molecule has 2 saturated heterocycles. The number of aromatic nitrogens is 3. The number of piperidine rings is 2. The summed E-state index contributed by atoms with van der Waals surface area (Å²) in [5.41, 5.74) is 9.24. The molecule has 0 aromatic carbocycles. The van der Waals surface area contributed by atoms with Gasteiger partial charge in [-0.3, -0.25) is 0 Å². The minimum absolute atomic E-state index is 0.383. The number of hydrogen-bond donors (Lipinski definition) is 2. The highest BCUT2D eigenvalue weighted by Gasteiger charge is 2.27. The number of alkyl carbamates (subject to hydrolysis) is 1. The van der Waals surface area contributed by atoms with E-state index in [0.717, 1.165) is 101 Å². The van der Waals surface area contributed by atoms with Gasteiger partial charge < -0.3 is 72.8 Å². The van der Waals surface area contributed by atoms with E-state index in [9.17, 15) is 4.79 Å². The second-order valence-electron chi connectivity index (χ2n) is 18.5. The van der Waals surface area contributed by atoms with Crippen molar-refractivity contribution < 1.29 is 52.2 Å². The van der Waals surface area contributed by atoms with Crippen molar-refractivity contribution in [3.8, 4) is 0 Å². The number of nitrogens with two attached hydrogens (primary N) is 1. The number of thiophene rings is 1. The number of pyridine rings is 1. The number of hydrogen-bond acceptors (Lipinski definition) is 17. The van der Waals surface area contributed by atoms with Crippen molar-refractivity contribution in [1.29, 1.82) is 0 Å². The van der Waals surface area contributed by atoms with Crippen molar-refractivity contribution in [3.05, 3.63) is 16.8 Å². The van der Waals surface area contributed by atoms with Crippen LogP contribution in [0.5, 0.6) is 0 Å². The first-order chi connectivity index (χ1) is 33.1. The van der Waals surface area contributed by atoms with Gasteiger partial charge in [0.2, 0.25) is 0 Å². The molecule has 5 rings (SSSR count). The van der Waals surface area contributed by atoms with Gasteiger partial charge in [0.1, 0.15) is 16.9 Å². The van der Waals surface area contributed by atoms with Crippen LogP contribution >= 0.6 is 11.3 Å². The summed E-state index contributed by atoms with van der Waals surface area (Å²) < 4.78 is 59.0. The predicted octanol–water partition coefficient (Wildman–Crippen LogP) is 5.77. The molecule has 388 valence electrons. The van der Waals surface area contributed by atoms with Gasteiger partial charge in [-0.2, -0.15) is 0 Å². The van der Waals surface area contributed by atoms with Crippen LogP contribution < -0.4 is 11.1 Å². The first kappa shape index (κ1) is 56.1. The number of rotatable bonds is 36. The number of carbonyl (C=O) groups excluding carboxylic acids is 1. The summed E-state index contributed by atoms with van der Waals surface area (Å²) in [5.74, 6) is 2.86. The SMILES string of the molecule is CCCCc1nc2c(N)nc3cc(C4CCN(CCOC)CC4)sc3c2n1CC1CCN(CCOCCOCCOCCOCCOCCOCCOCCOCCNC(=O)OC(C)(C)C)CC1. The van der Waals surface area contributed by atoms with Crippen LogP contribution in [0, 0.1) is 5.92 Å². The molecule has 68 heavy (non-hydrogen) atoms. The van der Waals surface area contributed by atoms with E-state index in [2.05, 4.69) is 32.7 Å². The number of aryl methyl sites for hydroxylation is 1. The van der Waals surface area contributed by atoms with Crippen LogP contribution in [0.4, 0.5) is 10.6 Å². The first-order valence-corrected chi connectivity index (χ1v) is 26.1. The lowest BCUT2D eigenvalue weighted by atomic mass is 9.95. The Bertz CT molecular complexity index is 1810. The molecule has 2 aliphatic heterocycles. The molecule has 5 heterocycles. The Balaban J connectivity index is 0.829. The Morgan fingerprint density at radius 1 is 0.721 bits per heavy atom. The van der Waals surface area contributed by atoms with Crippen LogP contribution in [0.3, 0.4) is 0 Å². The topological polar surface area (TPSA) is 185 Å². The van der Waals surface area contributed by atoms with Gasteiger partial charge in [-0.15, -0.1) is 11.3 Å². The highest BCUT2D eigenvalue weighted by molar-refractivity contribution is 7.20.